The molecule has 0 saturated carbocycles. The Morgan fingerprint density at radius 2 is 2.25 bits per heavy atom. The van der Waals surface area contributed by atoms with Gasteiger partial charge in [0.05, 0.1) is 0 Å². The van der Waals surface area contributed by atoms with Crippen LogP contribution in [-0.4, -0.2) is 23.4 Å². The van der Waals surface area contributed by atoms with Gasteiger partial charge in [0.1, 0.15) is 0 Å². The topological polar surface area (TPSA) is 20.3 Å². The highest BCUT2D eigenvalue weighted by Gasteiger charge is 2.31. The molecule has 0 unspecified atom stereocenters. The van der Waals surface area contributed by atoms with Gasteiger partial charge in [0, 0.05) is 18.2 Å². The molecular formula is C10H13NO. The van der Waals surface area contributed by atoms with Crippen molar-refractivity contribution in [3.63, 3.8) is 0 Å². The molecule has 2 aliphatic rings. The maximum atomic E-state index is 11.7. The van der Waals surface area contributed by atoms with Crippen LogP contribution in [0.1, 0.15) is 20.3 Å². The molecule has 2 rings (SSSR count). The molecule has 0 aromatic carbocycles. The standard InChI is InChI=1S/C10H13NO/c1-7(2)11-6-8-4-3-5-9(8)10(11)12/h3-4,7H,5-6H2,1-2H3. The Morgan fingerprint density at radius 1 is 1.50 bits per heavy atom. The molecule has 2 heteroatoms. The van der Waals surface area contributed by atoms with E-state index < -0.39 is 0 Å². The van der Waals surface area contributed by atoms with E-state index in [1.165, 1.54) is 5.57 Å². The molecule has 0 N–H and O–H groups in total. The summed E-state index contributed by atoms with van der Waals surface area (Å²) in [6.45, 7) is 4.94. The summed E-state index contributed by atoms with van der Waals surface area (Å²) in [6.07, 6.45) is 4.99. The lowest BCUT2D eigenvalue weighted by molar-refractivity contribution is -0.126. The van der Waals surface area contributed by atoms with Crippen molar-refractivity contribution in [2.24, 2.45) is 0 Å². The molecule has 0 aromatic rings. The highest BCUT2D eigenvalue weighted by molar-refractivity contribution is 5.99. The second-order valence-corrected chi connectivity index (χ2v) is 3.64. The van der Waals surface area contributed by atoms with Crippen LogP contribution in [0.5, 0.6) is 0 Å². The van der Waals surface area contributed by atoms with Gasteiger partial charge in [-0.3, -0.25) is 4.79 Å². The second kappa shape index (κ2) is 2.47. The highest BCUT2D eigenvalue weighted by Crippen LogP contribution is 2.29. The molecule has 0 atom stereocenters. The summed E-state index contributed by atoms with van der Waals surface area (Å²) in [6, 6.07) is 0.330. The third-order valence-electron chi connectivity index (χ3n) is 2.51. The summed E-state index contributed by atoms with van der Waals surface area (Å²) in [7, 11) is 0. The first-order chi connectivity index (χ1) is 5.70. The van der Waals surface area contributed by atoms with Crippen LogP contribution < -0.4 is 0 Å². The number of allylic oxidation sites excluding steroid dienone is 1. The molecule has 1 heterocycles. The maximum absolute atomic E-state index is 11.7. The van der Waals surface area contributed by atoms with Crippen LogP contribution in [0.25, 0.3) is 0 Å². The molecule has 2 nitrogen and oxygen atoms in total. The predicted molar refractivity (Wildman–Crippen MR) is 47.6 cm³/mol. The first-order valence-corrected chi connectivity index (χ1v) is 4.39. The van der Waals surface area contributed by atoms with E-state index in [1.54, 1.807) is 0 Å². The van der Waals surface area contributed by atoms with Gasteiger partial charge in [0.25, 0.3) is 5.91 Å². The first-order valence-electron chi connectivity index (χ1n) is 4.39. The summed E-state index contributed by atoms with van der Waals surface area (Å²) >= 11 is 0. The quantitative estimate of drug-likeness (QED) is 0.573. The van der Waals surface area contributed by atoms with Crippen molar-refractivity contribution in [2.75, 3.05) is 6.54 Å². The van der Waals surface area contributed by atoms with Gasteiger partial charge in [-0.15, -0.1) is 0 Å². The Bertz CT molecular complexity index is 286. The minimum absolute atomic E-state index is 0.241. The number of nitrogens with zero attached hydrogens (tertiary/aromatic N) is 1. The van der Waals surface area contributed by atoms with Gasteiger partial charge in [0.15, 0.2) is 0 Å². The minimum Gasteiger partial charge on any atom is -0.332 e. The summed E-state index contributed by atoms with van der Waals surface area (Å²) in [4.78, 5) is 13.6. The molecule has 12 heavy (non-hydrogen) atoms. The van der Waals surface area contributed by atoms with Crippen molar-refractivity contribution in [1.29, 1.82) is 0 Å². The largest absolute Gasteiger partial charge is 0.332 e. The normalized spacial score (nSPS) is 21.6. The average molecular weight is 163 g/mol. The van der Waals surface area contributed by atoms with Gasteiger partial charge in [-0.2, -0.15) is 0 Å². The summed E-state index contributed by atoms with van der Waals surface area (Å²) in [5.74, 6) is 0.241. The van der Waals surface area contributed by atoms with Crippen molar-refractivity contribution >= 4 is 5.91 Å². The van der Waals surface area contributed by atoms with Crippen LogP contribution in [0.2, 0.25) is 0 Å². The lowest BCUT2D eigenvalue weighted by atomic mass is 10.2. The van der Waals surface area contributed by atoms with E-state index in [9.17, 15) is 4.79 Å². The minimum atomic E-state index is 0.241. The Labute approximate surface area is 72.6 Å². The molecule has 0 radical (unpaired) electrons. The highest BCUT2D eigenvalue weighted by atomic mass is 16.2. The van der Waals surface area contributed by atoms with Gasteiger partial charge >= 0.3 is 0 Å². The summed E-state index contributed by atoms with van der Waals surface area (Å²) < 4.78 is 0. The van der Waals surface area contributed by atoms with E-state index in [4.69, 9.17) is 0 Å². The predicted octanol–water partition coefficient (Wildman–Crippen LogP) is 1.49. The van der Waals surface area contributed by atoms with Crippen LogP contribution >= 0.6 is 0 Å². The number of hydrogen-bond donors (Lipinski definition) is 0. The number of carbonyl (C=O) groups excluding carboxylic acids is 1. The first kappa shape index (κ1) is 7.59. The smallest absolute Gasteiger partial charge is 0.250 e. The maximum Gasteiger partial charge on any atom is 0.250 e. The van der Waals surface area contributed by atoms with E-state index in [-0.39, 0.29) is 5.91 Å². The number of amides is 1. The molecule has 0 spiro atoms. The van der Waals surface area contributed by atoms with Gasteiger partial charge in [-0.25, -0.2) is 0 Å². The Morgan fingerprint density at radius 3 is 2.83 bits per heavy atom. The molecule has 1 aliphatic carbocycles. The molecule has 0 fully saturated rings. The van der Waals surface area contributed by atoms with Crippen molar-refractivity contribution in [1.82, 2.24) is 4.90 Å². The van der Waals surface area contributed by atoms with Crippen molar-refractivity contribution in [3.8, 4) is 0 Å². The van der Waals surface area contributed by atoms with Crippen LogP contribution in [-0.2, 0) is 4.79 Å². The van der Waals surface area contributed by atoms with E-state index >= 15 is 0 Å². The average Bonchev–Trinajstić information content (AvgIpc) is 2.53. The van der Waals surface area contributed by atoms with Crippen LogP contribution in [0, 0.1) is 0 Å². The van der Waals surface area contributed by atoms with Gasteiger partial charge in [0.2, 0.25) is 0 Å². The second-order valence-electron chi connectivity index (χ2n) is 3.64. The van der Waals surface area contributed by atoms with E-state index in [2.05, 4.69) is 26.0 Å². The molecular weight excluding hydrogens is 150 g/mol. The SMILES string of the molecule is CC(C)N1CC2=C(CC=C2)C1=O. The van der Waals surface area contributed by atoms with Crippen molar-refractivity contribution < 1.29 is 4.79 Å². The zero-order valence-corrected chi connectivity index (χ0v) is 7.50. The van der Waals surface area contributed by atoms with Crippen molar-refractivity contribution in [3.05, 3.63) is 23.3 Å². The van der Waals surface area contributed by atoms with Crippen LogP contribution in [0.15, 0.2) is 23.3 Å². The lowest BCUT2D eigenvalue weighted by Crippen LogP contribution is -2.33. The molecule has 1 aliphatic heterocycles. The summed E-state index contributed by atoms with van der Waals surface area (Å²) in [5, 5.41) is 0. The van der Waals surface area contributed by atoms with E-state index in [0.29, 0.717) is 6.04 Å². The molecule has 0 bridgehead atoms. The number of rotatable bonds is 1. The Kier molecular flexibility index (Phi) is 1.56. The third-order valence-corrected chi connectivity index (χ3v) is 2.51. The van der Waals surface area contributed by atoms with Crippen molar-refractivity contribution in [2.45, 2.75) is 26.3 Å². The monoisotopic (exact) mass is 163 g/mol. The molecule has 0 aromatic heterocycles. The van der Waals surface area contributed by atoms with Gasteiger partial charge < -0.3 is 4.90 Å². The Hall–Kier alpha value is -1.05. The summed E-state index contributed by atoms with van der Waals surface area (Å²) in [5.41, 5.74) is 2.25. The van der Waals surface area contributed by atoms with Crippen LogP contribution in [0.3, 0.4) is 0 Å². The third kappa shape index (κ3) is 0.909. The number of hydrogen-bond acceptors (Lipinski definition) is 1. The molecule has 64 valence electrons. The number of carbonyl (C=O) groups is 1. The zero-order valence-electron chi connectivity index (χ0n) is 7.50. The van der Waals surface area contributed by atoms with Gasteiger partial charge in [-0.1, -0.05) is 12.2 Å². The fourth-order valence-corrected chi connectivity index (χ4v) is 1.77. The zero-order chi connectivity index (χ0) is 8.72. The van der Waals surface area contributed by atoms with E-state index in [0.717, 1.165) is 18.5 Å². The fraction of sp³-hybridized carbons (Fsp3) is 0.500. The Balaban J connectivity index is 2.23. The van der Waals surface area contributed by atoms with Gasteiger partial charge in [-0.05, 0) is 25.8 Å². The lowest BCUT2D eigenvalue weighted by Gasteiger charge is -2.21. The van der Waals surface area contributed by atoms with Crippen LogP contribution in [0.4, 0.5) is 0 Å². The molecule has 1 amide bonds. The van der Waals surface area contributed by atoms with E-state index in [1.807, 2.05) is 4.90 Å². The molecule has 0 saturated heterocycles. The fourth-order valence-electron chi connectivity index (χ4n) is 1.77.